The molecule has 4 heterocycles. The van der Waals surface area contributed by atoms with Gasteiger partial charge < -0.3 is 18.5 Å². The smallest absolute Gasteiger partial charge is 0.412 e. The van der Waals surface area contributed by atoms with Crippen molar-refractivity contribution < 1.29 is 23.3 Å². The first kappa shape index (κ1) is 20.6. The van der Waals surface area contributed by atoms with Crippen LogP contribution in [-0.2, 0) is 11.3 Å². The number of ether oxygens (including phenoxy) is 1. The number of carbonyl (C=O) groups excluding carboxylic acids is 1. The van der Waals surface area contributed by atoms with Crippen LogP contribution in [0.3, 0.4) is 0 Å². The zero-order chi connectivity index (χ0) is 22.6. The fourth-order valence-corrected chi connectivity index (χ4v) is 6.92. The molecule has 3 aliphatic rings. The Bertz CT molecular complexity index is 1420. The third-order valence-corrected chi connectivity index (χ3v) is 8.86. The van der Waals surface area contributed by atoms with Gasteiger partial charge in [0.05, 0.1) is 21.1 Å². The van der Waals surface area contributed by atoms with Crippen LogP contribution in [0.5, 0.6) is 5.06 Å². The van der Waals surface area contributed by atoms with E-state index in [1.165, 1.54) is 16.2 Å². The predicted octanol–water partition coefficient (Wildman–Crippen LogP) is 5.94. The number of aliphatic hydroxyl groups is 1. The quantitative estimate of drug-likeness (QED) is 0.343. The average molecular weight is 499 g/mol. The Morgan fingerprint density at radius 3 is 2.94 bits per heavy atom. The van der Waals surface area contributed by atoms with E-state index in [-0.39, 0.29) is 28.6 Å². The summed E-state index contributed by atoms with van der Waals surface area (Å²) in [5.74, 6) is 5.99. The van der Waals surface area contributed by atoms with Gasteiger partial charge in [-0.3, -0.25) is 5.32 Å². The van der Waals surface area contributed by atoms with Crippen LogP contribution in [0.15, 0.2) is 45.8 Å². The van der Waals surface area contributed by atoms with E-state index in [1.54, 1.807) is 0 Å². The first-order valence-electron chi connectivity index (χ1n) is 10.0. The highest BCUT2D eigenvalue weighted by Crippen LogP contribution is 2.69. The summed E-state index contributed by atoms with van der Waals surface area (Å²) in [5, 5.41) is 17.7. The lowest BCUT2D eigenvalue weighted by molar-refractivity contribution is 0.155. The number of nitrogens with one attached hydrogen (secondary N) is 1. The monoisotopic (exact) mass is 498 g/mol. The van der Waals surface area contributed by atoms with E-state index in [0.717, 1.165) is 33.9 Å². The molecule has 0 bridgehead atoms. The maximum atomic E-state index is 12.2. The number of hydrogen-bond donors (Lipinski definition) is 2. The molecular formula is C23H15ClN2O5S2. The minimum Gasteiger partial charge on any atom is -0.444 e. The number of anilines is 1. The molecule has 2 N–H and O–H groups in total. The first-order valence-corrected chi connectivity index (χ1v) is 12.4. The number of fused-ring (bicyclic) bond motifs is 3. The maximum absolute atomic E-state index is 12.2. The van der Waals surface area contributed by atoms with Crippen LogP contribution >= 0.6 is 33.7 Å². The number of hydrogen-bond acceptors (Lipinski definition) is 6. The second kappa shape index (κ2) is 7.78. The number of nitrogens with zero attached hydrogens (tertiary/aromatic N) is 1. The molecule has 1 unspecified atom stereocenters. The predicted molar refractivity (Wildman–Crippen MR) is 128 cm³/mol. The van der Waals surface area contributed by atoms with Crippen molar-refractivity contribution in [1.29, 1.82) is 0 Å². The summed E-state index contributed by atoms with van der Waals surface area (Å²) in [6, 6.07) is 11.3. The van der Waals surface area contributed by atoms with E-state index in [4.69, 9.17) is 25.0 Å². The third kappa shape index (κ3) is 3.56. The molecule has 166 valence electrons. The molecule has 10 heteroatoms. The number of halogens is 1. The maximum Gasteiger partial charge on any atom is 0.412 e. The van der Waals surface area contributed by atoms with Gasteiger partial charge in [-0.05, 0) is 42.4 Å². The Morgan fingerprint density at radius 1 is 1.33 bits per heavy atom. The van der Waals surface area contributed by atoms with E-state index >= 15 is 0 Å². The van der Waals surface area contributed by atoms with Crippen LogP contribution in [-0.4, -0.2) is 21.4 Å². The lowest BCUT2D eigenvalue weighted by Crippen LogP contribution is -2.30. The highest BCUT2D eigenvalue weighted by Gasteiger charge is 2.60. The summed E-state index contributed by atoms with van der Waals surface area (Å²) >= 11 is 7.45. The van der Waals surface area contributed by atoms with Crippen molar-refractivity contribution in [1.82, 2.24) is 5.16 Å². The van der Waals surface area contributed by atoms with Crippen molar-refractivity contribution >= 4 is 56.6 Å². The highest BCUT2D eigenvalue weighted by molar-refractivity contribution is 8.17. The van der Waals surface area contributed by atoms with E-state index in [1.807, 2.05) is 36.4 Å². The molecule has 2 aliphatic heterocycles. The molecular weight excluding hydrogens is 484 g/mol. The second-order valence-corrected chi connectivity index (χ2v) is 10.6. The summed E-state index contributed by atoms with van der Waals surface area (Å²) in [6.45, 7) is 0.114. The van der Waals surface area contributed by atoms with Gasteiger partial charge in [-0.25, -0.2) is 4.79 Å². The molecule has 2 aromatic heterocycles. The van der Waals surface area contributed by atoms with Crippen molar-refractivity contribution in [3.05, 3.63) is 68.2 Å². The average Bonchev–Trinajstić information content (AvgIpc) is 3.48. The molecule has 0 saturated heterocycles. The zero-order valence-corrected chi connectivity index (χ0v) is 19.3. The minimum absolute atomic E-state index is 0.0204. The van der Waals surface area contributed by atoms with Crippen molar-refractivity contribution in [2.75, 3.05) is 5.32 Å². The molecule has 1 saturated carbocycles. The number of benzene rings is 1. The Balaban J connectivity index is 1.18. The second-order valence-electron chi connectivity index (χ2n) is 7.72. The number of thiophene rings is 1. The minimum atomic E-state index is -0.694. The van der Waals surface area contributed by atoms with Crippen LogP contribution in [0.2, 0.25) is 5.15 Å². The molecule has 1 spiro atoms. The third-order valence-electron chi connectivity index (χ3n) is 5.57. The molecule has 0 radical (unpaired) electrons. The molecule has 1 amide bonds. The van der Waals surface area contributed by atoms with Crippen molar-refractivity contribution in [3.63, 3.8) is 0 Å². The van der Waals surface area contributed by atoms with Crippen LogP contribution < -0.4 is 9.50 Å². The van der Waals surface area contributed by atoms with Gasteiger partial charge in [-0.15, -0.1) is 0 Å². The number of rotatable bonds is 3. The normalized spacial score (nSPS) is 18.7. The van der Waals surface area contributed by atoms with Gasteiger partial charge in [0.15, 0.2) is 10.2 Å². The number of aromatic nitrogens is 1. The van der Waals surface area contributed by atoms with E-state index < -0.39 is 16.9 Å². The van der Waals surface area contributed by atoms with Gasteiger partial charge in [0, 0.05) is 10.5 Å². The van der Waals surface area contributed by atoms with Gasteiger partial charge in [-0.1, -0.05) is 58.4 Å². The van der Waals surface area contributed by atoms with Crippen molar-refractivity contribution in [2.24, 2.45) is 5.41 Å². The lowest BCUT2D eigenvalue weighted by atomic mass is 10.1. The molecule has 6 rings (SSSR count). The van der Waals surface area contributed by atoms with Gasteiger partial charge in [-0.2, -0.15) is 0 Å². The van der Waals surface area contributed by atoms with Crippen molar-refractivity contribution in [3.8, 4) is 16.9 Å². The van der Waals surface area contributed by atoms with E-state index in [9.17, 15) is 9.90 Å². The largest absolute Gasteiger partial charge is 0.444 e. The Kier molecular flexibility index (Phi) is 4.85. The molecule has 1 aliphatic carbocycles. The zero-order valence-electron chi connectivity index (χ0n) is 16.9. The first-order chi connectivity index (χ1) is 16.0. The lowest BCUT2D eigenvalue weighted by Gasteiger charge is -2.35. The molecule has 7 nitrogen and oxygen atoms in total. The van der Waals surface area contributed by atoms with E-state index in [0.29, 0.717) is 5.05 Å². The van der Waals surface area contributed by atoms with Gasteiger partial charge in [0.1, 0.15) is 17.3 Å². The van der Waals surface area contributed by atoms with E-state index in [2.05, 4.69) is 28.4 Å². The van der Waals surface area contributed by atoms with Gasteiger partial charge in [0.2, 0.25) is 5.76 Å². The number of amides is 1. The summed E-state index contributed by atoms with van der Waals surface area (Å²) < 4.78 is 16.4. The summed E-state index contributed by atoms with van der Waals surface area (Å²) in [7, 11) is -0.629. The van der Waals surface area contributed by atoms with Crippen LogP contribution in [0.25, 0.3) is 6.08 Å². The SMILES string of the molecule is O=C(Nc1c(Cl)noc1C#Cc1cc2c(s1)OS1=C(O)C3(CC3)C1=C2)OCc1ccccc1. The van der Waals surface area contributed by atoms with Crippen molar-refractivity contribution in [2.45, 2.75) is 19.4 Å². The standard InChI is InChI=1S/C23H15ClN2O5S2/c24-19-18(25-22(28)29-12-13-4-2-1-3-5-13)16(30-26-19)7-6-15-10-14-11-17-23(8-9-23)21(27)33(17)31-20(14)32-15/h1-5,10-11,27H,8-9,12H2,(H,25,28). The molecule has 1 atom stereocenters. The molecule has 33 heavy (non-hydrogen) atoms. The number of carbonyl (C=O) groups is 1. The fraction of sp³-hybridized carbons (Fsp3) is 0.174. The Morgan fingerprint density at radius 2 is 2.15 bits per heavy atom. The van der Waals surface area contributed by atoms with Gasteiger partial charge in [0.25, 0.3) is 0 Å². The number of aliphatic hydroxyl groups excluding tert-OH is 1. The topological polar surface area (TPSA) is 93.8 Å². The molecule has 3 aromatic rings. The highest BCUT2D eigenvalue weighted by atomic mass is 35.5. The summed E-state index contributed by atoms with van der Waals surface area (Å²) in [5.41, 5.74) is 1.84. The van der Waals surface area contributed by atoms with Gasteiger partial charge >= 0.3 is 6.09 Å². The molecule has 1 fully saturated rings. The Labute approximate surface area is 200 Å². The fourth-order valence-electron chi connectivity index (χ4n) is 3.66. The molecule has 1 aromatic carbocycles. The van der Waals surface area contributed by atoms with Crippen LogP contribution in [0.4, 0.5) is 10.5 Å². The summed E-state index contributed by atoms with van der Waals surface area (Å²) in [4.78, 5) is 14.1. The van der Waals surface area contributed by atoms with Crippen LogP contribution in [0.1, 0.15) is 34.6 Å². The summed E-state index contributed by atoms with van der Waals surface area (Å²) in [6.07, 6.45) is 3.39. The Hall–Kier alpha value is -3.03. The van der Waals surface area contributed by atoms with Crippen LogP contribution in [0, 0.1) is 17.3 Å².